The third kappa shape index (κ3) is 2.99. The number of carbonyl (C=O) groups excluding carboxylic acids is 1. The van der Waals surface area contributed by atoms with Crippen LogP contribution in [0.5, 0.6) is 5.75 Å². The van der Waals surface area contributed by atoms with Gasteiger partial charge in [0, 0.05) is 37.1 Å². The Morgan fingerprint density at radius 2 is 1.88 bits per heavy atom. The van der Waals surface area contributed by atoms with Crippen molar-refractivity contribution >= 4 is 26.8 Å². The van der Waals surface area contributed by atoms with Crippen LogP contribution in [0, 0.1) is 6.92 Å². The molecule has 0 spiro atoms. The molecule has 1 fully saturated rings. The number of amides is 1. The van der Waals surface area contributed by atoms with E-state index in [1.807, 2.05) is 25.1 Å². The smallest absolute Gasteiger partial charge is 0.270 e. The Labute approximate surface area is 141 Å². The van der Waals surface area contributed by atoms with Gasteiger partial charge in [-0.2, -0.15) is 4.31 Å². The van der Waals surface area contributed by atoms with Crippen LogP contribution in [0.4, 0.5) is 0 Å². The molecule has 1 aromatic heterocycles. The molecule has 1 amide bonds. The molecule has 1 aliphatic rings. The minimum absolute atomic E-state index is 0.101. The Morgan fingerprint density at radius 1 is 1.21 bits per heavy atom. The number of aromatic amines is 1. The summed E-state index contributed by atoms with van der Waals surface area (Å²) >= 11 is 0. The number of rotatable bonds is 3. The molecule has 8 heteroatoms. The van der Waals surface area contributed by atoms with Crippen molar-refractivity contribution in [2.45, 2.75) is 6.92 Å². The summed E-state index contributed by atoms with van der Waals surface area (Å²) in [4.78, 5) is 17.7. The van der Waals surface area contributed by atoms with Crippen molar-refractivity contribution in [3.05, 3.63) is 29.5 Å². The lowest BCUT2D eigenvalue weighted by atomic mass is 10.1. The zero-order valence-corrected chi connectivity index (χ0v) is 14.8. The fourth-order valence-corrected chi connectivity index (χ4v) is 3.85. The van der Waals surface area contributed by atoms with Crippen molar-refractivity contribution in [2.75, 3.05) is 39.5 Å². The topological polar surface area (TPSA) is 82.7 Å². The van der Waals surface area contributed by atoms with E-state index in [4.69, 9.17) is 4.74 Å². The van der Waals surface area contributed by atoms with Crippen LogP contribution in [0.15, 0.2) is 18.2 Å². The quantitative estimate of drug-likeness (QED) is 0.901. The van der Waals surface area contributed by atoms with Gasteiger partial charge in [0.25, 0.3) is 5.91 Å². The SMILES string of the molecule is COc1ccc2[nH]c(C(=O)N3CCN(S(C)(=O)=O)CC3)c(C)c2c1. The van der Waals surface area contributed by atoms with Gasteiger partial charge in [0.1, 0.15) is 11.4 Å². The lowest BCUT2D eigenvalue weighted by Gasteiger charge is -2.33. The minimum Gasteiger partial charge on any atom is -0.497 e. The normalized spacial score (nSPS) is 16.5. The lowest BCUT2D eigenvalue weighted by molar-refractivity contribution is 0.0692. The maximum atomic E-state index is 12.8. The molecule has 0 bridgehead atoms. The van der Waals surface area contributed by atoms with Crippen LogP contribution >= 0.6 is 0 Å². The summed E-state index contributed by atoms with van der Waals surface area (Å²) in [5, 5.41) is 0.951. The van der Waals surface area contributed by atoms with Crippen LogP contribution in [-0.4, -0.2) is 68.1 Å². The summed E-state index contributed by atoms with van der Waals surface area (Å²) in [6, 6.07) is 5.64. The first-order valence-corrected chi connectivity index (χ1v) is 9.57. The van der Waals surface area contributed by atoms with E-state index in [-0.39, 0.29) is 5.91 Å². The van der Waals surface area contributed by atoms with Gasteiger partial charge in [-0.1, -0.05) is 0 Å². The van der Waals surface area contributed by atoms with Crippen molar-refractivity contribution in [1.29, 1.82) is 0 Å². The molecule has 1 saturated heterocycles. The zero-order chi connectivity index (χ0) is 17.5. The second kappa shape index (κ2) is 6.10. The fourth-order valence-electron chi connectivity index (χ4n) is 3.03. The molecular formula is C16H21N3O4S. The van der Waals surface area contributed by atoms with E-state index in [0.717, 1.165) is 22.2 Å². The van der Waals surface area contributed by atoms with Crippen molar-refractivity contribution in [1.82, 2.24) is 14.2 Å². The van der Waals surface area contributed by atoms with E-state index in [1.54, 1.807) is 12.0 Å². The number of benzene rings is 1. The van der Waals surface area contributed by atoms with Gasteiger partial charge >= 0.3 is 0 Å². The van der Waals surface area contributed by atoms with Gasteiger partial charge in [-0.25, -0.2) is 8.42 Å². The van der Waals surface area contributed by atoms with E-state index in [9.17, 15) is 13.2 Å². The molecule has 130 valence electrons. The number of carbonyl (C=O) groups is 1. The van der Waals surface area contributed by atoms with E-state index in [0.29, 0.717) is 31.9 Å². The van der Waals surface area contributed by atoms with Gasteiger partial charge in [-0.05, 0) is 30.7 Å². The number of fused-ring (bicyclic) bond motifs is 1. The second-order valence-corrected chi connectivity index (χ2v) is 7.97. The molecule has 7 nitrogen and oxygen atoms in total. The van der Waals surface area contributed by atoms with Crippen molar-refractivity contribution in [3.8, 4) is 5.75 Å². The molecule has 3 rings (SSSR count). The van der Waals surface area contributed by atoms with Gasteiger partial charge in [-0.15, -0.1) is 0 Å². The van der Waals surface area contributed by atoms with Crippen LogP contribution in [-0.2, 0) is 10.0 Å². The monoisotopic (exact) mass is 351 g/mol. The number of aromatic nitrogens is 1. The Morgan fingerprint density at radius 3 is 2.46 bits per heavy atom. The van der Waals surface area contributed by atoms with E-state index in [2.05, 4.69) is 4.98 Å². The molecule has 0 radical (unpaired) electrons. The van der Waals surface area contributed by atoms with Crippen LogP contribution in [0.2, 0.25) is 0 Å². The van der Waals surface area contributed by atoms with Crippen LogP contribution in [0.1, 0.15) is 16.1 Å². The first-order valence-electron chi connectivity index (χ1n) is 7.72. The van der Waals surface area contributed by atoms with E-state index in [1.165, 1.54) is 10.6 Å². The Hall–Kier alpha value is -2.06. The Bertz CT molecular complexity index is 880. The Kier molecular flexibility index (Phi) is 4.27. The molecular weight excluding hydrogens is 330 g/mol. The largest absolute Gasteiger partial charge is 0.497 e. The maximum absolute atomic E-state index is 12.8. The highest BCUT2D eigenvalue weighted by atomic mass is 32.2. The highest BCUT2D eigenvalue weighted by molar-refractivity contribution is 7.88. The van der Waals surface area contributed by atoms with Crippen LogP contribution in [0.25, 0.3) is 10.9 Å². The number of nitrogens with one attached hydrogen (secondary N) is 1. The minimum atomic E-state index is -3.20. The summed E-state index contributed by atoms with van der Waals surface area (Å²) in [5.41, 5.74) is 2.30. The van der Waals surface area contributed by atoms with Crippen LogP contribution < -0.4 is 4.74 Å². The molecule has 1 aromatic carbocycles. The molecule has 2 aromatic rings. The number of nitrogens with zero attached hydrogens (tertiary/aromatic N) is 2. The summed E-state index contributed by atoms with van der Waals surface area (Å²) in [7, 11) is -1.59. The number of aryl methyl sites for hydroxylation is 1. The summed E-state index contributed by atoms with van der Waals surface area (Å²) < 4.78 is 29.8. The number of methoxy groups -OCH3 is 1. The average Bonchev–Trinajstić information content (AvgIpc) is 2.90. The maximum Gasteiger partial charge on any atom is 0.270 e. The summed E-state index contributed by atoms with van der Waals surface area (Å²) in [6.45, 7) is 3.35. The first kappa shape index (κ1) is 16.8. The van der Waals surface area contributed by atoms with Crippen molar-refractivity contribution in [3.63, 3.8) is 0 Å². The van der Waals surface area contributed by atoms with E-state index < -0.39 is 10.0 Å². The van der Waals surface area contributed by atoms with Crippen molar-refractivity contribution in [2.24, 2.45) is 0 Å². The zero-order valence-electron chi connectivity index (χ0n) is 14.0. The van der Waals surface area contributed by atoms with Gasteiger partial charge in [0.15, 0.2) is 0 Å². The molecule has 1 aliphatic heterocycles. The lowest BCUT2D eigenvalue weighted by Crippen LogP contribution is -2.50. The third-order valence-electron chi connectivity index (χ3n) is 4.47. The van der Waals surface area contributed by atoms with Crippen LogP contribution in [0.3, 0.4) is 0 Å². The van der Waals surface area contributed by atoms with Crippen molar-refractivity contribution < 1.29 is 17.9 Å². The number of ether oxygens (including phenoxy) is 1. The highest BCUT2D eigenvalue weighted by Gasteiger charge is 2.28. The van der Waals surface area contributed by atoms with Gasteiger partial charge in [-0.3, -0.25) is 4.79 Å². The third-order valence-corrected chi connectivity index (χ3v) is 5.78. The highest BCUT2D eigenvalue weighted by Crippen LogP contribution is 2.27. The number of hydrogen-bond donors (Lipinski definition) is 1. The molecule has 0 atom stereocenters. The number of piperazine rings is 1. The number of hydrogen-bond acceptors (Lipinski definition) is 4. The summed E-state index contributed by atoms with van der Waals surface area (Å²) in [6.07, 6.45) is 1.19. The van der Waals surface area contributed by atoms with Gasteiger partial charge in [0.05, 0.1) is 13.4 Å². The van der Waals surface area contributed by atoms with E-state index >= 15 is 0 Å². The predicted octanol–water partition coefficient (Wildman–Crippen LogP) is 1.20. The number of H-pyrrole nitrogens is 1. The molecule has 1 N–H and O–H groups in total. The number of sulfonamides is 1. The standard InChI is InChI=1S/C16H21N3O4S/c1-11-13-10-12(23-2)4-5-14(13)17-15(11)16(20)18-6-8-19(9-7-18)24(3,21)22/h4-5,10,17H,6-9H2,1-3H3. The second-order valence-electron chi connectivity index (χ2n) is 5.99. The molecule has 0 unspecified atom stereocenters. The average molecular weight is 351 g/mol. The van der Waals surface area contributed by atoms with Gasteiger partial charge < -0.3 is 14.6 Å². The fraction of sp³-hybridized carbons (Fsp3) is 0.438. The summed E-state index contributed by atoms with van der Waals surface area (Å²) in [5.74, 6) is 0.640. The Balaban J connectivity index is 1.83. The molecule has 0 aliphatic carbocycles. The molecule has 24 heavy (non-hydrogen) atoms. The van der Waals surface area contributed by atoms with Gasteiger partial charge in [0.2, 0.25) is 10.0 Å². The molecule has 0 saturated carbocycles. The first-order chi connectivity index (χ1) is 11.3. The predicted molar refractivity (Wildman–Crippen MR) is 91.9 cm³/mol. The molecule has 2 heterocycles.